The molecule has 0 aliphatic carbocycles. The Morgan fingerprint density at radius 2 is 1.74 bits per heavy atom. The van der Waals surface area contributed by atoms with Gasteiger partial charge in [0.1, 0.15) is 19.0 Å². The van der Waals surface area contributed by atoms with Gasteiger partial charge in [0, 0.05) is 5.56 Å². The van der Waals surface area contributed by atoms with Crippen molar-refractivity contribution in [3.05, 3.63) is 53.1 Å². The van der Waals surface area contributed by atoms with Crippen LogP contribution in [0.15, 0.2) is 41.6 Å². The molecule has 2 aromatic rings. The molecule has 0 heterocycles. The van der Waals surface area contributed by atoms with Gasteiger partial charge in [-0.2, -0.15) is 0 Å². The van der Waals surface area contributed by atoms with Crippen LogP contribution < -0.4 is 14.2 Å². The first-order valence-electron chi connectivity index (χ1n) is 7.32. The van der Waals surface area contributed by atoms with Gasteiger partial charge in [-0.05, 0) is 55.3 Å². The Morgan fingerprint density at radius 1 is 0.957 bits per heavy atom. The van der Waals surface area contributed by atoms with Crippen molar-refractivity contribution in [1.82, 2.24) is 0 Å². The molecule has 5 nitrogen and oxygen atoms in total. The lowest BCUT2D eigenvalue weighted by molar-refractivity contribution is 0.211. The SMILES string of the molecule is COc1cc(/C=N/O)ccc1OCCOc1ccc(C)c(C)c1. The maximum absolute atomic E-state index is 8.55. The second kappa shape index (κ2) is 8.08. The number of methoxy groups -OCH3 is 1. The van der Waals surface area contributed by atoms with Crippen molar-refractivity contribution >= 4 is 6.21 Å². The van der Waals surface area contributed by atoms with E-state index in [1.165, 1.54) is 17.3 Å². The van der Waals surface area contributed by atoms with Crippen LogP contribution in [-0.4, -0.2) is 31.7 Å². The molecule has 122 valence electrons. The van der Waals surface area contributed by atoms with E-state index < -0.39 is 0 Å². The first kappa shape index (κ1) is 16.7. The Labute approximate surface area is 136 Å². The van der Waals surface area contributed by atoms with Crippen LogP contribution in [-0.2, 0) is 0 Å². The van der Waals surface area contributed by atoms with E-state index in [4.69, 9.17) is 19.4 Å². The van der Waals surface area contributed by atoms with Crippen molar-refractivity contribution < 1.29 is 19.4 Å². The summed E-state index contributed by atoms with van der Waals surface area (Å²) in [6.45, 7) is 4.96. The third kappa shape index (κ3) is 4.64. The molecule has 0 aliphatic heterocycles. The van der Waals surface area contributed by atoms with Gasteiger partial charge in [0.05, 0.1) is 13.3 Å². The number of benzene rings is 2. The van der Waals surface area contributed by atoms with E-state index in [0.29, 0.717) is 24.7 Å². The quantitative estimate of drug-likeness (QED) is 0.367. The van der Waals surface area contributed by atoms with Crippen molar-refractivity contribution in [3.63, 3.8) is 0 Å². The molecule has 0 unspecified atom stereocenters. The maximum Gasteiger partial charge on any atom is 0.161 e. The predicted molar refractivity (Wildman–Crippen MR) is 89.3 cm³/mol. The zero-order valence-electron chi connectivity index (χ0n) is 13.6. The molecule has 2 rings (SSSR count). The van der Waals surface area contributed by atoms with Gasteiger partial charge in [0.2, 0.25) is 0 Å². The minimum atomic E-state index is 0.400. The maximum atomic E-state index is 8.55. The summed E-state index contributed by atoms with van der Waals surface area (Å²) >= 11 is 0. The third-order valence-electron chi connectivity index (χ3n) is 3.48. The monoisotopic (exact) mass is 315 g/mol. The van der Waals surface area contributed by atoms with Crippen molar-refractivity contribution in [2.24, 2.45) is 5.16 Å². The molecule has 0 amide bonds. The van der Waals surface area contributed by atoms with Crippen molar-refractivity contribution in [2.45, 2.75) is 13.8 Å². The number of oxime groups is 1. The summed E-state index contributed by atoms with van der Waals surface area (Å²) in [5.74, 6) is 2.03. The van der Waals surface area contributed by atoms with Gasteiger partial charge in [-0.3, -0.25) is 0 Å². The van der Waals surface area contributed by atoms with Gasteiger partial charge in [-0.1, -0.05) is 11.2 Å². The second-order valence-corrected chi connectivity index (χ2v) is 5.10. The van der Waals surface area contributed by atoms with Gasteiger partial charge in [0.25, 0.3) is 0 Å². The van der Waals surface area contributed by atoms with E-state index >= 15 is 0 Å². The molecule has 0 radical (unpaired) electrons. The third-order valence-corrected chi connectivity index (χ3v) is 3.48. The van der Waals surface area contributed by atoms with Gasteiger partial charge in [-0.25, -0.2) is 0 Å². The standard InChI is InChI=1S/C18H21NO4/c1-13-4-6-16(10-14(13)2)22-8-9-23-17-7-5-15(12-19-20)11-18(17)21-3/h4-7,10-12,20H,8-9H2,1-3H3/b19-12+. The highest BCUT2D eigenvalue weighted by Crippen LogP contribution is 2.27. The van der Waals surface area contributed by atoms with E-state index in [0.717, 1.165) is 11.3 Å². The molecule has 0 aliphatic rings. The van der Waals surface area contributed by atoms with Gasteiger partial charge in [-0.15, -0.1) is 0 Å². The molecule has 0 fully saturated rings. The van der Waals surface area contributed by atoms with Crippen molar-refractivity contribution in [1.29, 1.82) is 0 Å². The minimum Gasteiger partial charge on any atom is -0.493 e. The number of hydrogen-bond acceptors (Lipinski definition) is 5. The van der Waals surface area contributed by atoms with E-state index in [2.05, 4.69) is 19.0 Å². The van der Waals surface area contributed by atoms with Crippen molar-refractivity contribution in [3.8, 4) is 17.2 Å². The smallest absolute Gasteiger partial charge is 0.161 e. The van der Waals surface area contributed by atoms with Crippen LogP contribution in [0.1, 0.15) is 16.7 Å². The van der Waals surface area contributed by atoms with Gasteiger partial charge < -0.3 is 19.4 Å². The van der Waals surface area contributed by atoms with Crippen LogP contribution in [0.25, 0.3) is 0 Å². The van der Waals surface area contributed by atoms with Crippen LogP contribution in [0.4, 0.5) is 0 Å². The van der Waals surface area contributed by atoms with Gasteiger partial charge >= 0.3 is 0 Å². The number of hydrogen-bond donors (Lipinski definition) is 1. The highest BCUT2D eigenvalue weighted by molar-refractivity contribution is 5.80. The fourth-order valence-electron chi connectivity index (χ4n) is 2.07. The second-order valence-electron chi connectivity index (χ2n) is 5.10. The van der Waals surface area contributed by atoms with E-state index in [1.807, 2.05) is 18.2 Å². The molecule has 0 saturated heterocycles. The van der Waals surface area contributed by atoms with Crippen LogP contribution in [0, 0.1) is 13.8 Å². The predicted octanol–water partition coefficient (Wildman–Crippen LogP) is 3.58. The fourth-order valence-corrected chi connectivity index (χ4v) is 2.07. The topological polar surface area (TPSA) is 60.3 Å². The highest BCUT2D eigenvalue weighted by Gasteiger charge is 2.05. The zero-order valence-corrected chi connectivity index (χ0v) is 13.6. The zero-order chi connectivity index (χ0) is 16.7. The summed E-state index contributed by atoms with van der Waals surface area (Å²) in [6, 6.07) is 11.3. The molecular weight excluding hydrogens is 294 g/mol. The van der Waals surface area contributed by atoms with Crippen LogP contribution in [0.5, 0.6) is 17.2 Å². The lowest BCUT2D eigenvalue weighted by Crippen LogP contribution is -2.09. The van der Waals surface area contributed by atoms with Crippen LogP contribution >= 0.6 is 0 Å². The number of ether oxygens (including phenoxy) is 3. The molecule has 23 heavy (non-hydrogen) atoms. The molecule has 0 atom stereocenters. The minimum absolute atomic E-state index is 0.400. The molecule has 2 aromatic carbocycles. The first-order valence-corrected chi connectivity index (χ1v) is 7.32. The number of rotatable bonds is 7. The van der Waals surface area contributed by atoms with Crippen molar-refractivity contribution in [2.75, 3.05) is 20.3 Å². The lowest BCUT2D eigenvalue weighted by Gasteiger charge is -2.12. The summed E-state index contributed by atoms with van der Waals surface area (Å²) < 4.78 is 16.6. The summed E-state index contributed by atoms with van der Waals surface area (Å²) in [7, 11) is 1.56. The lowest BCUT2D eigenvalue weighted by atomic mass is 10.1. The van der Waals surface area contributed by atoms with Crippen LogP contribution in [0.3, 0.4) is 0 Å². The largest absolute Gasteiger partial charge is 0.493 e. The molecular formula is C18H21NO4. The van der Waals surface area contributed by atoms with E-state index in [9.17, 15) is 0 Å². The van der Waals surface area contributed by atoms with E-state index in [1.54, 1.807) is 25.3 Å². The molecule has 0 spiro atoms. The Hall–Kier alpha value is -2.69. The highest BCUT2D eigenvalue weighted by atomic mass is 16.5. The molecule has 0 saturated carbocycles. The summed E-state index contributed by atoms with van der Waals surface area (Å²) in [5.41, 5.74) is 3.17. The summed E-state index contributed by atoms with van der Waals surface area (Å²) in [4.78, 5) is 0. The summed E-state index contributed by atoms with van der Waals surface area (Å²) in [6.07, 6.45) is 1.33. The molecule has 5 heteroatoms. The molecule has 0 bridgehead atoms. The van der Waals surface area contributed by atoms with Gasteiger partial charge in [0.15, 0.2) is 11.5 Å². The Morgan fingerprint density at radius 3 is 2.43 bits per heavy atom. The fraction of sp³-hybridized carbons (Fsp3) is 0.278. The molecule has 1 N–H and O–H groups in total. The summed E-state index contributed by atoms with van der Waals surface area (Å²) in [5, 5.41) is 11.5. The van der Waals surface area contributed by atoms with E-state index in [-0.39, 0.29) is 0 Å². The average Bonchev–Trinajstić information content (AvgIpc) is 2.56. The first-order chi connectivity index (χ1) is 11.1. The average molecular weight is 315 g/mol. The van der Waals surface area contributed by atoms with Crippen LogP contribution in [0.2, 0.25) is 0 Å². The molecule has 0 aromatic heterocycles. The normalized spacial score (nSPS) is 10.7. The Bertz CT molecular complexity index is 683. The Balaban J connectivity index is 1.89. The number of nitrogens with zero attached hydrogens (tertiary/aromatic N) is 1. The number of aryl methyl sites for hydroxylation is 2. The Kier molecular flexibility index (Phi) is 5.86.